The normalized spacial score (nSPS) is 35.0. The van der Waals surface area contributed by atoms with E-state index in [-0.39, 0.29) is 30.1 Å². The molecule has 2 aromatic heterocycles. The summed E-state index contributed by atoms with van der Waals surface area (Å²) >= 11 is 0. The number of hydrogen-bond donors (Lipinski definition) is 1. The molecule has 2 fully saturated rings. The van der Waals surface area contributed by atoms with Crippen LogP contribution in [0.2, 0.25) is 0 Å². The third-order valence-electron chi connectivity index (χ3n) is 9.71. The SMILES string of the molecule is CC(=O)OC[C@@]1(C)C2C[C@H](OS(C)(=O)=O)[C@@]3(C)Oc4cc(-c5cccnc5)oc(=O)c4[C@H](O)C3[C@@]2(C)CC[C@@H]1OC(C)=O. The molecule has 0 spiro atoms. The molecule has 43 heavy (non-hydrogen) atoms. The molecule has 12 nitrogen and oxygen atoms in total. The van der Waals surface area contributed by atoms with Gasteiger partial charge in [-0.05, 0) is 49.7 Å². The zero-order valence-corrected chi connectivity index (χ0v) is 25.8. The Morgan fingerprint density at radius 2 is 1.88 bits per heavy atom. The van der Waals surface area contributed by atoms with Gasteiger partial charge in [0.1, 0.15) is 41.5 Å². The Morgan fingerprint density at radius 1 is 1.16 bits per heavy atom. The maximum Gasteiger partial charge on any atom is 0.345 e. The molecule has 0 radical (unpaired) electrons. The number of hydrogen-bond acceptors (Lipinski definition) is 12. The van der Waals surface area contributed by atoms with Gasteiger partial charge in [-0.15, -0.1) is 0 Å². The van der Waals surface area contributed by atoms with E-state index >= 15 is 0 Å². The Morgan fingerprint density at radius 3 is 2.49 bits per heavy atom. The lowest BCUT2D eigenvalue weighted by atomic mass is 9.42. The standard InChI is InChI=1S/C30H37NO11S/c1-16(32)38-15-29(4)21-13-23(42-43(6,36)37)30(5)26(28(21,3)10-9-22(29)39-17(2)33)25(34)24-20(41-30)12-19(40-27(24)35)18-8-7-11-31-14-18/h7-8,11-12,14,21-23,25-26,34H,9-10,13,15H2,1-6H3/t21?,22-,23-,25-,26?,28-,29-,30+/m0/s1. The van der Waals surface area contributed by atoms with E-state index in [9.17, 15) is 27.9 Å². The van der Waals surface area contributed by atoms with Gasteiger partial charge in [-0.1, -0.05) is 13.8 Å². The molecule has 234 valence electrons. The molecule has 2 saturated carbocycles. The van der Waals surface area contributed by atoms with E-state index in [0.29, 0.717) is 18.4 Å². The third kappa shape index (κ3) is 5.35. The highest BCUT2D eigenvalue weighted by Gasteiger charge is 2.70. The summed E-state index contributed by atoms with van der Waals surface area (Å²) in [7, 11) is -4.04. The molecule has 8 atom stereocenters. The molecule has 2 unspecified atom stereocenters. The Kier molecular flexibility index (Phi) is 7.75. The van der Waals surface area contributed by atoms with Crippen LogP contribution in [0.5, 0.6) is 5.75 Å². The number of pyridine rings is 1. The van der Waals surface area contributed by atoms with Gasteiger partial charge < -0.3 is 23.7 Å². The van der Waals surface area contributed by atoms with E-state index in [1.165, 1.54) is 26.1 Å². The maximum absolute atomic E-state index is 13.4. The Bertz CT molecular complexity index is 1590. The highest BCUT2D eigenvalue weighted by molar-refractivity contribution is 7.86. The van der Waals surface area contributed by atoms with Gasteiger partial charge in [0.25, 0.3) is 10.1 Å². The molecule has 2 aliphatic carbocycles. The van der Waals surface area contributed by atoms with Crippen LogP contribution in [0.3, 0.4) is 0 Å². The minimum absolute atomic E-state index is 0.0572. The lowest BCUT2D eigenvalue weighted by Crippen LogP contribution is -2.71. The summed E-state index contributed by atoms with van der Waals surface area (Å²) in [5, 5.41) is 12.1. The molecule has 1 aliphatic heterocycles. The molecule has 5 rings (SSSR count). The van der Waals surface area contributed by atoms with Crippen molar-refractivity contribution in [1.29, 1.82) is 0 Å². The first kappa shape index (κ1) is 31.1. The molecule has 2 aromatic rings. The highest BCUT2D eigenvalue weighted by atomic mass is 32.2. The van der Waals surface area contributed by atoms with E-state index in [1.807, 2.05) is 13.8 Å². The predicted octanol–water partition coefficient (Wildman–Crippen LogP) is 3.17. The second kappa shape index (κ2) is 10.7. The quantitative estimate of drug-likeness (QED) is 0.371. The predicted molar refractivity (Wildman–Crippen MR) is 151 cm³/mol. The third-order valence-corrected chi connectivity index (χ3v) is 10.3. The van der Waals surface area contributed by atoms with E-state index in [1.54, 1.807) is 25.3 Å². The van der Waals surface area contributed by atoms with Gasteiger partial charge in [-0.3, -0.25) is 18.8 Å². The van der Waals surface area contributed by atoms with Crippen LogP contribution in [0.15, 0.2) is 39.8 Å². The van der Waals surface area contributed by atoms with Crippen molar-refractivity contribution in [3.63, 3.8) is 0 Å². The van der Waals surface area contributed by atoms with E-state index < -0.39 is 74.3 Å². The number of aromatic nitrogens is 1. The van der Waals surface area contributed by atoms with Crippen molar-refractivity contribution in [1.82, 2.24) is 4.98 Å². The van der Waals surface area contributed by atoms with Crippen molar-refractivity contribution in [3.05, 3.63) is 46.6 Å². The number of carbonyl (C=O) groups excluding carboxylic acids is 2. The van der Waals surface area contributed by atoms with Gasteiger partial charge in [-0.2, -0.15) is 8.42 Å². The Labute approximate surface area is 249 Å². The highest BCUT2D eigenvalue weighted by Crippen LogP contribution is 2.67. The first-order chi connectivity index (χ1) is 20.0. The summed E-state index contributed by atoms with van der Waals surface area (Å²) in [6.45, 7) is 7.89. The molecule has 0 saturated heterocycles. The van der Waals surface area contributed by atoms with Crippen molar-refractivity contribution in [2.45, 2.75) is 77.8 Å². The van der Waals surface area contributed by atoms with Crippen LogP contribution in [0.25, 0.3) is 11.3 Å². The van der Waals surface area contributed by atoms with Gasteiger partial charge >= 0.3 is 17.6 Å². The van der Waals surface area contributed by atoms with E-state index in [2.05, 4.69) is 4.98 Å². The van der Waals surface area contributed by atoms with Gasteiger partial charge in [0, 0.05) is 49.2 Å². The van der Waals surface area contributed by atoms with Crippen LogP contribution >= 0.6 is 0 Å². The van der Waals surface area contributed by atoms with Crippen LogP contribution in [0.1, 0.15) is 65.5 Å². The van der Waals surface area contributed by atoms with Crippen molar-refractivity contribution in [3.8, 4) is 17.1 Å². The molecule has 0 bridgehead atoms. The first-order valence-corrected chi connectivity index (χ1v) is 16.0. The van der Waals surface area contributed by atoms with Crippen LogP contribution in [0, 0.1) is 22.7 Å². The topological polar surface area (TPSA) is 169 Å². The summed E-state index contributed by atoms with van der Waals surface area (Å²) in [6.07, 6.45) is 1.67. The van der Waals surface area contributed by atoms with Crippen LogP contribution in [-0.2, 0) is 33.4 Å². The zero-order chi connectivity index (χ0) is 31.5. The monoisotopic (exact) mass is 619 g/mol. The Balaban J connectivity index is 1.68. The lowest BCUT2D eigenvalue weighted by molar-refractivity contribution is -0.262. The summed E-state index contributed by atoms with van der Waals surface area (Å²) in [4.78, 5) is 41.6. The second-order valence-corrected chi connectivity index (χ2v) is 14.2. The lowest BCUT2D eigenvalue weighted by Gasteiger charge is -2.66. The summed E-state index contributed by atoms with van der Waals surface area (Å²) < 4.78 is 54.3. The smallest absolute Gasteiger partial charge is 0.345 e. The first-order valence-electron chi connectivity index (χ1n) is 14.1. The van der Waals surface area contributed by atoms with Crippen molar-refractivity contribution in [2.75, 3.05) is 12.9 Å². The Hall–Kier alpha value is -3.29. The maximum atomic E-state index is 13.4. The van der Waals surface area contributed by atoms with E-state index in [0.717, 1.165) is 6.26 Å². The molecule has 1 N–H and O–H groups in total. The number of esters is 2. The van der Waals surface area contributed by atoms with Crippen molar-refractivity contribution < 1.29 is 45.9 Å². The number of ether oxygens (including phenoxy) is 3. The van der Waals surface area contributed by atoms with Gasteiger partial charge in [-0.25, -0.2) is 4.79 Å². The molecule has 3 aliphatic rings. The summed E-state index contributed by atoms with van der Waals surface area (Å²) in [5.41, 5.74) is -3.63. The molecular formula is C30H37NO11S. The number of carbonyl (C=O) groups is 2. The minimum Gasteiger partial charge on any atom is -0.484 e. The van der Waals surface area contributed by atoms with Crippen molar-refractivity contribution >= 4 is 22.1 Å². The zero-order valence-electron chi connectivity index (χ0n) is 25.0. The fourth-order valence-corrected chi connectivity index (χ4v) is 8.71. The van der Waals surface area contributed by atoms with Gasteiger partial charge in [0.2, 0.25) is 0 Å². The van der Waals surface area contributed by atoms with Crippen molar-refractivity contribution in [2.24, 2.45) is 22.7 Å². The molecular weight excluding hydrogens is 582 g/mol. The van der Waals surface area contributed by atoms with Crippen LogP contribution < -0.4 is 10.4 Å². The largest absolute Gasteiger partial charge is 0.484 e. The number of aliphatic hydroxyl groups is 1. The molecule has 3 heterocycles. The second-order valence-electron chi connectivity index (χ2n) is 12.6. The van der Waals surface area contributed by atoms with Gasteiger partial charge in [0.05, 0.1) is 12.4 Å². The molecule has 13 heteroatoms. The number of nitrogens with zero attached hydrogens (tertiary/aromatic N) is 1. The number of rotatable bonds is 6. The fourth-order valence-electron chi connectivity index (χ4n) is 8.02. The van der Waals surface area contributed by atoms with E-state index in [4.69, 9.17) is 22.8 Å². The summed E-state index contributed by atoms with van der Waals surface area (Å²) in [6, 6.07) is 4.88. The van der Waals surface area contributed by atoms with Crippen LogP contribution in [0.4, 0.5) is 0 Å². The average molecular weight is 620 g/mol. The average Bonchev–Trinajstić information content (AvgIpc) is 2.89. The number of aliphatic hydroxyl groups excluding tert-OH is 1. The molecule has 0 aromatic carbocycles. The van der Waals surface area contributed by atoms with Gasteiger partial charge in [0.15, 0.2) is 0 Å². The minimum atomic E-state index is -4.04. The molecule has 0 amide bonds. The van der Waals surface area contributed by atoms with Crippen LogP contribution in [-0.4, -0.2) is 61.1 Å². The summed E-state index contributed by atoms with van der Waals surface area (Å²) in [5.74, 6) is -2.20. The fraction of sp³-hybridized carbons (Fsp3) is 0.600. The number of fused-ring (bicyclic) bond motifs is 4.